The molecule has 0 spiro atoms. The minimum Gasteiger partial charge on any atom is -0.493 e. The predicted molar refractivity (Wildman–Crippen MR) is 76.4 cm³/mol. The van der Waals surface area contributed by atoms with Gasteiger partial charge in [0, 0.05) is 16.5 Å². The van der Waals surface area contributed by atoms with Gasteiger partial charge in [-0.05, 0) is 12.1 Å². The molecule has 19 heavy (non-hydrogen) atoms. The third-order valence-corrected chi connectivity index (χ3v) is 3.36. The first kappa shape index (κ1) is 13.9. The van der Waals surface area contributed by atoms with Gasteiger partial charge in [0.1, 0.15) is 12.4 Å². The summed E-state index contributed by atoms with van der Waals surface area (Å²) in [6.45, 7) is 0.174. The van der Waals surface area contributed by atoms with E-state index in [1.807, 2.05) is 18.2 Å². The summed E-state index contributed by atoms with van der Waals surface area (Å²) in [6.07, 6.45) is 0. The van der Waals surface area contributed by atoms with Crippen molar-refractivity contribution in [3.63, 3.8) is 0 Å². The van der Waals surface area contributed by atoms with Crippen LogP contribution in [0, 0.1) is 5.82 Å². The first-order chi connectivity index (χ1) is 9.26. The molecule has 2 aromatic rings. The average molecular weight is 325 g/mol. The van der Waals surface area contributed by atoms with Crippen LogP contribution in [0.5, 0.6) is 11.5 Å². The Hall–Kier alpha value is -1.55. The summed E-state index contributed by atoms with van der Waals surface area (Å²) >= 11 is 3.40. The van der Waals surface area contributed by atoms with E-state index in [2.05, 4.69) is 15.9 Å². The quantitative estimate of drug-likeness (QED) is 0.763. The third-order valence-electron chi connectivity index (χ3n) is 2.75. The van der Waals surface area contributed by atoms with E-state index in [0.717, 1.165) is 5.56 Å². The molecule has 0 saturated heterocycles. The second kappa shape index (κ2) is 6.57. The van der Waals surface area contributed by atoms with Gasteiger partial charge in [-0.2, -0.15) is 0 Å². The van der Waals surface area contributed by atoms with Crippen LogP contribution in [0.1, 0.15) is 11.1 Å². The average Bonchev–Trinajstić information content (AvgIpc) is 2.46. The van der Waals surface area contributed by atoms with Gasteiger partial charge in [0.05, 0.1) is 7.11 Å². The van der Waals surface area contributed by atoms with E-state index in [-0.39, 0.29) is 12.4 Å². The first-order valence-corrected chi connectivity index (χ1v) is 6.96. The van der Waals surface area contributed by atoms with E-state index in [4.69, 9.17) is 9.47 Å². The van der Waals surface area contributed by atoms with Crippen molar-refractivity contribution in [2.75, 3.05) is 7.11 Å². The number of hydrogen-bond acceptors (Lipinski definition) is 2. The number of methoxy groups -OCH3 is 1. The monoisotopic (exact) mass is 324 g/mol. The predicted octanol–water partition coefficient (Wildman–Crippen LogP) is 4.31. The van der Waals surface area contributed by atoms with Gasteiger partial charge in [-0.1, -0.05) is 46.3 Å². The van der Waals surface area contributed by atoms with Gasteiger partial charge in [0.2, 0.25) is 0 Å². The highest BCUT2D eigenvalue weighted by atomic mass is 79.9. The van der Waals surface area contributed by atoms with Crippen LogP contribution in [-0.2, 0) is 11.9 Å². The zero-order chi connectivity index (χ0) is 13.7. The molecule has 0 fully saturated rings. The van der Waals surface area contributed by atoms with Crippen molar-refractivity contribution in [1.82, 2.24) is 0 Å². The summed E-state index contributed by atoms with van der Waals surface area (Å²) in [7, 11) is 1.59. The summed E-state index contributed by atoms with van der Waals surface area (Å²) in [5, 5.41) is 0.650. The molecular formula is C15H14BrFO2. The fourth-order valence-corrected chi connectivity index (χ4v) is 2.20. The third kappa shape index (κ3) is 3.26. The molecule has 0 aliphatic heterocycles. The van der Waals surface area contributed by atoms with Crippen molar-refractivity contribution in [2.45, 2.75) is 11.9 Å². The van der Waals surface area contributed by atoms with Gasteiger partial charge >= 0.3 is 0 Å². The van der Waals surface area contributed by atoms with E-state index in [1.54, 1.807) is 25.3 Å². The Morgan fingerprint density at radius 3 is 2.47 bits per heavy atom. The number of alkyl halides is 1. The number of hydrogen-bond donors (Lipinski definition) is 0. The van der Waals surface area contributed by atoms with E-state index in [1.165, 1.54) is 6.07 Å². The van der Waals surface area contributed by atoms with Crippen LogP contribution in [0.4, 0.5) is 4.39 Å². The molecule has 0 aliphatic carbocycles. The topological polar surface area (TPSA) is 18.5 Å². The number of halogens is 2. The maximum absolute atomic E-state index is 13.5. The molecule has 4 heteroatoms. The van der Waals surface area contributed by atoms with Crippen molar-refractivity contribution in [1.29, 1.82) is 0 Å². The van der Waals surface area contributed by atoms with E-state index in [9.17, 15) is 4.39 Å². The normalized spacial score (nSPS) is 10.3. The Morgan fingerprint density at radius 1 is 1.05 bits per heavy atom. The summed E-state index contributed by atoms with van der Waals surface area (Å²) in [6, 6.07) is 12.2. The maximum Gasteiger partial charge on any atom is 0.165 e. The van der Waals surface area contributed by atoms with Gasteiger partial charge in [-0.15, -0.1) is 0 Å². The lowest BCUT2D eigenvalue weighted by Gasteiger charge is -2.14. The van der Waals surface area contributed by atoms with Crippen molar-refractivity contribution in [2.24, 2.45) is 0 Å². The number of para-hydroxylation sites is 1. The van der Waals surface area contributed by atoms with Crippen molar-refractivity contribution in [3.8, 4) is 11.5 Å². The standard InChI is InChI=1S/C15H14BrFO2/c1-18-14-8-4-6-11(9-16)15(14)19-10-12-5-2-3-7-13(12)17/h2-8H,9-10H2,1H3. The van der Waals surface area contributed by atoms with E-state index in [0.29, 0.717) is 22.4 Å². The highest BCUT2D eigenvalue weighted by molar-refractivity contribution is 9.08. The molecule has 100 valence electrons. The van der Waals surface area contributed by atoms with Gasteiger partial charge in [-0.25, -0.2) is 4.39 Å². The summed E-state index contributed by atoms with van der Waals surface area (Å²) in [5.74, 6) is 1.02. The minimum absolute atomic E-state index is 0.174. The van der Waals surface area contributed by atoms with Crippen LogP contribution >= 0.6 is 15.9 Å². The molecular weight excluding hydrogens is 311 g/mol. The zero-order valence-electron chi connectivity index (χ0n) is 10.5. The fraction of sp³-hybridized carbons (Fsp3) is 0.200. The van der Waals surface area contributed by atoms with Crippen LogP contribution in [0.25, 0.3) is 0 Å². The molecule has 2 rings (SSSR count). The van der Waals surface area contributed by atoms with Crippen LogP contribution in [0.3, 0.4) is 0 Å². The molecule has 0 aromatic heterocycles. The lowest BCUT2D eigenvalue weighted by molar-refractivity contribution is 0.277. The minimum atomic E-state index is -0.266. The summed E-state index contributed by atoms with van der Waals surface area (Å²) in [4.78, 5) is 0. The molecule has 0 unspecified atom stereocenters. The van der Waals surface area contributed by atoms with Gasteiger partial charge < -0.3 is 9.47 Å². The van der Waals surface area contributed by atoms with E-state index >= 15 is 0 Å². The van der Waals surface area contributed by atoms with E-state index < -0.39 is 0 Å². The molecule has 0 bridgehead atoms. The van der Waals surface area contributed by atoms with Crippen LogP contribution in [0.2, 0.25) is 0 Å². The van der Waals surface area contributed by atoms with Crippen molar-refractivity contribution >= 4 is 15.9 Å². The Labute approximate surface area is 120 Å². The van der Waals surface area contributed by atoms with Crippen LogP contribution in [-0.4, -0.2) is 7.11 Å². The van der Waals surface area contributed by atoms with Gasteiger partial charge in [0.15, 0.2) is 11.5 Å². The second-order valence-corrected chi connectivity index (χ2v) is 4.52. The molecule has 0 aliphatic rings. The number of ether oxygens (including phenoxy) is 2. The van der Waals surface area contributed by atoms with Crippen molar-refractivity contribution < 1.29 is 13.9 Å². The molecule has 0 atom stereocenters. The van der Waals surface area contributed by atoms with Crippen molar-refractivity contribution in [3.05, 3.63) is 59.4 Å². The Kier molecular flexibility index (Phi) is 4.80. The number of benzene rings is 2. The Morgan fingerprint density at radius 2 is 1.79 bits per heavy atom. The maximum atomic E-state index is 13.5. The SMILES string of the molecule is COc1cccc(CBr)c1OCc1ccccc1F. The molecule has 0 saturated carbocycles. The Balaban J connectivity index is 2.21. The zero-order valence-corrected chi connectivity index (χ0v) is 12.1. The summed E-state index contributed by atoms with van der Waals surface area (Å²) in [5.41, 5.74) is 1.49. The van der Waals surface area contributed by atoms with Gasteiger partial charge in [0.25, 0.3) is 0 Å². The first-order valence-electron chi connectivity index (χ1n) is 5.84. The number of rotatable bonds is 5. The van der Waals surface area contributed by atoms with Gasteiger partial charge in [-0.3, -0.25) is 0 Å². The molecule has 0 amide bonds. The lowest BCUT2D eigenvalue weighted by atomic mass is 10.2. The molecule has 0 N–H and O–H groups in total. The van der Waals surface area contributed by atoms with Crippen LogP contribution in [0.15, 0.2) is 42.5 Å². The highest BCUT2D eigenvalue weighted by Crippen LogP contribution is 2.33. The largest absolute Gasteiger partial charge is 0.493 e. The Bertz CT molecular complexity index is 535. The smallest absolute Gasteiger partial charge is 0.165 e. The van der Waals surface area contributed by atoms with Crippen LogP contribution < -0.4 is 9.47 Å². The lowest BCUT2D eigenvalue weighted by Crippen LogP contribution is -2.02. The molecule has 2 aromatic carbocycles. The highest BCUT2D eigenvalue weighted by Gasteiger charge is 2.11. The molecule has 2 nitrogen and oxygen atoms in total. The fourth-order valence-electron chi connectivity index (χ4n) is 1.76. The molecule has 0 radical (unpaired) electrons. The second-order valence-electron chi connectivity index (χ2n) is 3.96. The molecule has 0 heterocycles. The summed E-state index contributed by atoms with van der Waals surface area (Å²) < 4.78 is 24.5.